The van der Waals surface area contributed by atoms with Crippen molar-refractivity contribution in [3.63, 3.8) is 0 Å². The number of aliphatic hydroxyl groups excluding tert-OH is 20. The Hall–Kier alpha value is -2.00. The summed E-state index contributed by atoms with van der Waals surface area (Å²) in [5.41, 5.74) is 1.80. The van der Waals surface area contributed by atoms with E-state index in [0.717, 1.165) is 37.0 Å². The van der Waals surface area contributed by atoms with Gasteiger partial charge >= 0.3 is 0 Å². The van der Waals surface area contributed by atoms with E-state index in [-0.39, 0.29) is 48.2 Å². The fourth-order valence-corrected chi connectivity index (χ4v) is 17.3. The number of rotatable bonds is 21. The first-order chi connectivity index (χ1) is 45.1. The van der Waals surface area contributed by atoms with Crippen molar-refractivity contribution >= 4 is 0 Å². The van der Waals surface area contributed by atoms with Gasteiger partial charge in [-0.25, -0.2) is 0 Å². The highest BCUT2D eigenvalue weighted by atomic mass is 16.8. The van der Waals surface area contributed by atoms with Gasteiger partial charge in [0.2, 0.25) is 0 Å². The first-order valence-electron chi connectivity index (χ1n) is 33.2. The lowest BCUT2D eigenvalue weighted by molar-refractivity contribution is -0.409. The van der Waals surface area contributed by atoms with Gasteiger partial charge in [0.25, 0.3) is 0 Å². The molecular weight excluding hydrogens is 1270 g/mol. The molecular formula is C62H100O33. The topological polar surface area (TPSA) is 525 Å². The summed E-state index contributed by atoms with van der Waals surface area (Å²) in [5, 5.41) is 217. The average Bonchev–Trinajstić information content (AvgIpc) is 1.53. The molecule has 6 saturated heterocycles. The summed E-state index contributed by atoms with van der Waals surface area (Å²) in [6, 6.07) is 0. The summed E-state index contributed by atoms with van der Waals surface area (Å²) in [6.07, 6.45) is -47.1. The summed E-state index contributed by atoms with van der Waals surface area (Å²) in [7, 11) is 0. The number of aliphatic hydroxyl groups is 20. The normalized spacial score (nSPS) is 52.8. The first kappa shape index (κ1) is 74.2. The van der Waals surface area contributed by atoms with Crippen molar-refractivity contribution < 1.29 is 164 Å². The van der Waals surface area contributed by atoms with Gasteiger partial charge in [-0.15, -0.1) is 0 Å². The molecule has 33 heteroatoms. The lowest BCUT2D eigenvalue weighted by Crippen LogP contribution is -2.69. The molecule has 7 aliphatic heterocycles. The fourth-order valence-electron chi connectivity index (χ4n) is 17.3. The summed E-state index contributed by atoms with van der Waals surface area (Å²) in [6.45, 7) is 3.93. The average molecular weight is 1370 g/mol. The molecule has 546 valence electrons. The van der Waals surface area contributed by atoms with Crippen LogP contribution in [0.15, 0.2) is 23.0 Å². The van der Waals surface area contributed by atoms with Crippen LogP contribution in [0, 0.1) is 40.4 Å². The largest absolute Gasteiger partial charge is 0.494 e. The number of fused-ring (bicyclic) bond motifs is 7. The molecule has 11 aliphatic rings. The van der Waals surface area contributed by atoms with Crippen molar-refractivity contribution in [2.24, 2.45) is 40.4 Å². The maximum absolute atomic E-state index is 12.1. The highest BCUT2D eigenvalue weighted by Crippen LogP contribution is 2.69. The van der Waals surface area contributed by atoms with Crippen molar-refractivity contribution in [1.29, 1.82) is 0 Å². The zero-order chi connectivity index (χ0) is 68.6. The van der Waals surface area contributed by atoms with E-state index in [1.165, 1.54) is 5.57 Å². The third-order valence-corrected chi connectivity index (χ3v) is 22.8. The van der Waals surface area contributed by atoms with Crippen molar-refractivity contribution in [1.82, 2.24) is 0 Å². The summed E-state index contributed by atoms with van der Waals surface area (Å²) < 4.78 is 77.7. The SMILES string of the molecule is CC1=C(CCC(C)COC2OC(CO)C(O)C(O)C2O)OC2CC3C4CC=C5CC(OC6OC(CO)C(OC7OC(CO)C(O)C(OC8OCC(O)C(O)C8O)C7OC7OC(CO)C(O)C(OC8OC(CO)C(O)C(O)C8O)C7O)C(O)C6O)C(O)CC5(C)C4CCC3(C)C12. The van der Waals surface area contributed by atoms with Crippen LogP contribution in [0.3, 0.4) is 0 Å². The highest BCUT2D eigenvalue weighted by Gasteiger charge is 2.65. The number of allylic oxidation sites excluding steroid dienone is 2. The van der Waals surface area contributed by atoms with E-state index >= 15 is 0 Å². The standard InChI is InChI=1S/C62H100O33/c1-21(19-83-55-47(79)43(75)39(71)32(14-63)87-55)5-8-29-22(2)37-31(85-29)12-26-24-7-6-23-11-30(27(68)13-62(23,4)25(24)9-10-61(26,37)3)86-57-49(81)45(77)51(36(18-67)91-57)92-60-54(53(42(74)35(17-66)90-60)94-56-46(78)38(70)28(69)20-84-56)95-59-50(82)52(41(73)34(16-65)89-59)93-58-48(80)44(76)40(72)33(15-64)88-58/h6,21,24-28,30-60,63-82H,5,7-20H2,1-4H3. The molecule has 9 fully saturated rings. The summed E-state index contributed by atoms with van der Waals surface area (Å²) in [4.78, 5) is 0. The van der Waals surface area contributed by atoms with Crippen LogP contribution in [-0.2, 0) is 61.6 Å². The number of ether oxygens (including phenoxy) is 13. The number of hydrogen-bond acceptors (Lipinski definition) is 33. The van der Waals surface area contributed by atoms with E-state index in [1.807, 2.05) is 6.92 Å². The molecule has 11 rings (SSSR count). The lowest BCUT2D eigenvalue weighted by Gasteiger charge is -2.58. The van der Waals surface area contributed by atoms with Gasteiger partial charge in [0.05, 0.1) is 64.2 Å². The Labute approximate surface area is 547 Å². The van der Waals surface area contributed by atoms with Crippen molar-refractivity contribution in [3.05, 3.63) is 23.0 Å². The Morgan fingerprint density at radius 2 is 1.03 bits per heavy atom. The van der Waals surface area contributed by atoms with Crippen LogP contribution in [0.1, 0.15) is 79.1 Å². The quantitative estimate of drug-likeness (QED) is 0.0475. The Morgan fingerprint density at radius 1 is 0.516 bits per heavy atom. The number of hydrogen-bond donors (Lipinski definition) is 20. The van der Waals surface area contributed by atoms with Crippen LogP contribution in [-0.4, -0.2) is 345 Å². The van der Waals surface area contributed by atoms with E-state index < -0.39 is 235 Å². The van der Waals surface area contributed by atoms with Gasteiger partial charge in [-0.2, -0.15) is 0 Å². The molecule has 7 heterocycles. The predicted molar refractivity (Wildman–Crippen MR) is 311 cm³/mol. The minimum absolute atomic E-state index is 0.00390. The van der Waals surface area contributed by atoms with Gasteiger partial charge in [-0.1, -0.05) is 32.4 Å². The minimum atomic E-state index is -2.23. The molecule has 0 spiro atoms. The molecule has 0 aromatic rings. The van der Waals surface area contributed by atoms with Crippen LogP contribution >= 0.6 is 0 Å². The van der Waals surface area contributed by atoms with Gasteiger partial charge in [0.15, 0.2) is 37.7 Å². The van der Waals surface area contributed by atoms with Gasteiger partial charge < -0.3 is 164 Å². The minimum Gasteiger partial charge on any atom is -0.494 e. The smallest absolute Gasteiger partial charge is 0.187 e. The third kappa shape index (κ3) is 14.0. The maximum Gasteiger partial charge on any atom is 0.187 e. The predicted octanol–water partition coefficient (Wildman–Crippen LogP) is -7.83. The molecule has 4 aliphatic carbocycles. The highest BCUT2D eigenvalue weighted by molar-refractivity contribution is 5.31. The molecule has 0 bridgehead atoms. The molecule has 0 aromatic carbocycles. The van der Waals surface area contributed by atoms with E-state index in [2.05, 4.69) is 26.8 Å². The van der Waals surface area contributed by atoms with Crippen molar-refractivity contribution in [2.45, 2.75) is 276 Å². The Kier molecular flexibility index (Phi) is 23.5. The van der Waals surface area contributed by atoms with E-state index in [4.69, 9.17) is 61.6 Å². The van der Waals surface area contributed by atoms with Crippen LogP contribution < -0.4 is 0 Å². The molecule has 39 unspecified atom stereocenters. The second kappa shape index (κ2) is 30.1. The molecule has 0 radical (unpaired) electrons. The Balaban J connectivity index is 0.757. The van der Waals surface area contributed by atoms with Gasteiger partial charge in [-0.3, -0.25) is 0 Å². The lowest BCUT2D eigenvalue weighted by atomic mass is 9.47. The summed E-state index contributed by atoms with van der Waals surface area (Å²) in [5.74, 6) is 1.99. The van der Waals surface area contributed by atoms with Crippen LogP contribution in [0.4, 0.5) is 0 Å². The molecule has 39 atom stereocenters. The first-order valence-corrected chi connectivity index (χ1v) is 33.2. The van der Waals surface area contributed by atoms with E-state index in [9.17, 15) is 102 Å². The van der Waals surface area contributed by atoms with Gasteiger partial charge in [0, 0.05) is 12.3 Å². The monoisotopic (exact) mass is 1370 g/mol. The second-order valence-corrected chi connectivity index (χ2v) is 28.6. The zero-order valence-electron chi connectivity index (χ0n) is 53.3. The molecule has 33 nitrogen and oxygen atoms in total. The van der Waals surface area contributed by atoms with Crippen molar-refractivity contribution in [2.75, 3.05) is 46.2 Å². The van der Waals surface area contributed by atoms with E-state index in [0.29, 0.717) is 25.2 Å². The molecule has 0 aromatic heterocycles. The Bertz CT molecular complexity index is 2590. The van der Waals surface area contributed by atoms with E-state index in [1.54, 1.807) is 0 Å². The molecule has 95 heavy (non-hydrogen) atoms. The zero-order valence-corrected chi connectivity index (χ0v) is 53.3. The van der Waals surface area contributed by atoms with Crippen molar-refractivity contribution in [3.8, 4) is 0 Å². The van der Waals surface area contributed by atoms with Crippen LogP contribution in [0.25, 0.3) is 0 Å². The molecule has 3 saturated carbocycles. The van der Waals surface area contributed by atoms with Crippen LogP contribution in [0.5, 0.6) is 0 Å². The second-order valence-electron chi connectivity index (χ2n) is 28.6. The summed E-state index contributed by atoms with van der Waals surface area (Å²) >= 11 is 0. The molecule has 20 N–H and O–H groups in total. The molecule has 0 amide bonds. The van der Waals surface area contributed by atoms with Gasteiger partial charge in [0.1, 0.15) is 146 Å². The maximum atomic E-state index is 12.1. The van der Waals surface area contributed by atoms with Gasteiger partial charge in [-0.05, 0) is 91.9 Å². The third-order valence-electron chi connectivity index (χ3n) is 22.8. The fraction of sp³-hybridized carbons (Fsp3) is 0.935. The van der Waals surface area contributed by atoms with Crippen LogP contribution in [0.2, 0.25) is 0 Å². The Morgan fingerprint density at radius 3 is 1.67 bits per heavy atom.